The number of rotatable bonds is 1. The molecule has 0 spiro atoms. The molecule has 0 radical (unpaired) electrons. The van der Waals surface area contributed by atoms with Gasteiger partial charge in [0.1, 0.15) is 0 Å². The molecule has 4 rings (SSSR count). The lowest BCUT2D eigenvalue weighted by molar-refractivity contribution is 0.00553. The Balaban J connectivity index is 1.97. The molecule has 0 aliphatic heterocycles. The predicted molar refractivity (Wildman–Crippen MR) is 50.8 cm³/mol. The summed E-state index contributed by atoms with van der Waals surface area (Å²) < 4.78 is 0. The molecule has 12 heavy (non-hydrogen) atoms. The van der Waals surface area contributed by atoms with E-state index in [2.05, 4.69) is 13.8 Å². The smallest absolute Gasteiger partial charge is 0.0261 e. The lowest BCUT2D eigenvalue weighted by Gasteiger charge is -2.48. The minimum Gasteiger partial charge on any atom is -0.0651 e. The monoisotopic (exact) mass is 164 g/mol. The van der Waals surface area contributed by atoms with Crippen LogP contribution in [0.3, 0.4) is 0 Å². The maximum Gasteiger partial charge on any atom is -0.0261 e. The molecule has 4 aliphatic carbocycles. The highest BCUT2D eigenvalue weighted by Gasteiger charge is 2.66. The first kappa shape index (κ1) is 7.41. The van der Waals surface area contributed by atoms with Crippen LogP contribution in [0, 0.1) is 29.1 Å². The first-order valence-electron chi connectivity index (χ1n) is 5.77. The molecule has 5 unspecified atom stereocenters. The molecule has 0 N–H and O–H groups in total. The first-order valence-corrected chi connectivity index (χ1v) is 5.77. The van der Waals surface area contributed by atoms with Gasteiger partial charge in [0.2, 0.25) is 0 Å². The lowest BCUT2D eigenvalue weighted by atomic mass is 9.56. The van der Waals surface area contributed by atoms with Crippen LogP contribution in [-0.4, -0.2) is 0 Å². The van der Waals surface area contributed by atoms with Gasteiger partial charge >= 0.3 is 0 Å². The van der Waals surface area contributed by atoms with Crippen LogP contribution in [0.25, 0.3) is 0 Å². The second-order valence-electron chi connectivity index (χ2n) is 5.59. The second-order valence-corrected chi connectivity index (χ2v) is 5.59. The SMILES string of the molecule is CCC1C2CCCC3C2CC13C. The molecule has 4 aliphatic rings. The largest absolute Gasteiger partial charge is 0.0651 e. The van der Waals surface area contributed by atoms with Crippen LogP contribution in [0.2, 0.25) is 0 Å². The van der Waals surface area contributed by atoms with Crippen molar-refractivity contribution in [3.05, 3.63) is 0 Å². The lowest BCUT2D eigenvalue weighted by Crippen LogP contribution is -2.41. The molecule has 68 valence electrons. The van der Waals surface area contributed by atoms with Gasteiger partial charge in [-0.1, -0.05) is 26.7 Å². The standard InChI is InChI=1S/C12H20/c1-3-10-8-5-4-6-11-9(8)7-12(10,11)2/h8-11H,3-7H2,1-2H3. The Labute approximate surface area is 75.7 Å². The third-order valence-electron chi connectivity index (χ3n) is 5.45. The zero-order valence-corrected chi connectivity index (χ0v) is 8.34. The molecular weight excluding hydrogens is 144 g/mol. The highest BCUT2D eigenvalue weighted by atomic mass is 14.7. The Bertz CT molecular complexity index is 208. The maximum absolute atomic E-state index is 2.58. The van der Waals surface area contributed by atoms with Crippen LogP contribution in [0.1, 0.15) is 46.0 Å². The molecule has 0 saturated heterocycles. The Morgan fingerprint density at radius 3 is 2.75 bits per heavy atom. The van der Waals surface area contributed by atoms with E-state index in [0.717, 1.165) is 23.2 Å². The van der Waals surface area contributed by atoms with Crippen molar-refractivity contribution in [3.63, 3.8) is 0 Å². The van der Waals surface area contributed by atoms with E-state index < -0.39 is 0 Å². The Morgan fingerprint density at radius 1 is 1.25 bits per heavy atom. The van der Waals surface area contributed by atoms with E-state index in [1.54, 1.807) is 19.3 Å². The molecule has 0 heterocycles. The minimum absolute atomic E-state index is 0.806. The average Bonchev–Trinajstić information content (AvgIpc) is 2.40. The van der Waals surface area contributed by atoms with Gasteiger partial charge in [0, 0.05) is 0 Å². The quantitative estimate of drug-likeness (QED) is 0.556. The predicted octanol–water partition coefficient (Wildman–Crippen LogP) is 3.47. The van der Waals surface area contributed by atoms with E-state index in [1.165, 1.54) is 18.8 Å². The van der Waals surface area contributed by atoms with Crippen molar-refractivity contribution in [2.24, 2.45) is 29.1 Å². The highest BCUT2D eigenvalue weighted by Crippen LogP contribution is 2.73. The van der Waals surface area contributed by atoms with Crippen molar-refractivity contribution in [3.8, 4) is 0 Å². The molecule has 0 nitrogen and oxygen atoms in total. The highest BCUT2D eigenvalue weighted by molar-refractivity contribution is 5.14. The van der Waals surface area contributed by atoms with Gasteiger partial charge in [-0.2, -0.15) is 0 Å². The molecule has 0 aromatic rings. The fourth-order valence-electron chi connectivity index (χ4n) is 5.10. The Morgan fingerprint density at radius 2 is 2.08 bits per heavy atom. The molecule has 5 atom stereocenters. The number of hydrogen-bond donors (Lipinski definition) is 0. The van der Waals surface area contributed by atoms with E-state index in [1.807, 2.05) is 0 Å². The summed E-state index contributed by atoms with van der Waals surface area (Å²) in [7, 11) is 0. The van der Waals surface area contributed by atoms with Crippen molar-refractivity contribution in [2.45, 2.75) is 46.0 Å². The van der Waals surface area contributed by atoms with Gasteiger partial charge in [0.25, 0.3) is 0 Å². The van der Waals surface area contributed by atoms with Gasteiger partial charge in [0.05, 0.1) is 0 Å². The summed E-state index contributed by atoms with van der Waals surface area (Å²) in [5, 5.41) is 0. The van der Waals surface area contributed by atoms with Gasteiger partial charge in [-0.3, -0.25) is 0 Å². The van der Waals surface area contributed by atoms with Crippen molar-refractivity contribution in [1.82, 2.24) is 0 Å². The summed E-state index contributed by atoms with van der Waals surface area (Å²) in [4.78, 5) is 0. The third-order valence-corrected chi connectivity index (χ3v) is 5.45. The first-order chi connectivity index (χ1) is 5.77. The molecular formula is C12H20. The minimum atomic E-state index is 0.806. The van der Waals surface area contributed by atoms with Crippen LogP contribution in [0.5, 0.6) is 0 Å². The molecule has 0 aromatic heterocycles. The second kappa shape index (κ2) is 2.08. The van der Waals surface area contributed by atoms with Crippen LogP contribution in [-0.2, 0) is 0 Å². The summed E-state index contributed by atoms with van der Waals surface area (Å²) in [5.41, 5.74) is 0.806. The van der Waals surface area contributed by atoms with E-state index in [9.17, 15) is 0 Å². The van der Waals surface area contributed by atoms with Gasteiger partial charge in [-0.25, -0.2) is 0 Å². The molecule has 0 heteroatoms. The topological polar surface area (TPSA) is 0 Å². The summed E-state index contributed by atoms with van der Waals surface area (Å²) >= 11 is 0. The van der Waals surface area contributed by atoms with Crippen molar-refractivity contribution in [2.75, 3.05) is 0 Å². The molecule has 0 aromatic carbocycles. The summed E-state index contributed by atoms with van der Waals surface area (Å²) in [6.07, 6.45) is 7.70. The molecule has 4 saturated carbocycles. The van der Waals surface area contributed by atoms with Crippen LogP contribution < -0.4 is 0 Å². The Kier molecular flexibility index (Phi) is 1.28. The van der Waals surface area contributed by atoms with Gasteiger partial charge < -0.3 is 0 Å². The summed E-state index contributed by atoms with van der Waals surface area (Å²) in [5.74, 6) is 4.59. The average molecular weight is 164 g/mol. The summed E-state index contributed by atoms with van der Waals surface area (Å²) in [6, 6.07) is 0. The van der Waals surface area contributed by atoms with Crippen LogP contribution in [0.15, 0.2) is 0 Å². The van der Waals surface area contributed by atoms with Crippen molar-refractivity contribution in [1.29, 1.82) is 0 Å². The Hall–Kier alpha value is 0. The maximum atomic E-state index is 2.58. The zero-order valence-electron chi connectivity index (χ0n) is 8.34. The number of hydrogen-bond acceptors (Lipinski definition) is 0. The molecule has 4 bridgehead atoms. The molecule has 0 amide bonds. The third kappa shape index (κ3) is 0.592. The van der Waals surface area contributed by atoms with Gasteiger partial charge in [0.15, 0.2) is 0 Å². The van der Waals surface area contributed by atoms with E-state index >= 15 is 0 Å². The van der Waals surface area contributed by atoms with Crippen LogP contribution >= 0.6 is 0 Å². The fraction of sp³-hybridized carbons (Fsp3) is 1.00. The van der Waals surface area contributed by atoms with E-state index in [-0.39, 0.29) is 0 Å². The van der Waals surface area contributed by atoms with Gasteiger partial charge in [-0.15, -0.1) is 0 Å². The fourth-order valence-corrected chi connectivity index (χ4v) is 5.10. The van der Waals surface area contributed by atoms with Crippen LogP contribution in [0.4, 0.5) is 0 Å². The van der Waals surface area contributed by atoms with E-state index in [0.29, 0.717) is 0 Å². The molecule has 4 fully saturated rings. The summed E-state index contributed by atoms with van der Waals surface area (Å²) in [6.45, 7) is 4.99. The van der Waals surface area contributed by atoms with Crippen molar-refractivity contribution >= 4 is 0 Å². The van der Waals surface area contributed by atoms with Crippen molar-refractivity contribution < 1.29 is 0 Å². The zero-order chi connectivity index (χ0) is 8.34. The van der Waals surface area contributed by atoms with Gasteiger partial charge in [-0.05, 0) is 48.3 Å². The normalized spacial score (nSPS) is 61.5. The van der Waals surface area contributed by atoms with E-state index in [4.69, 9.17) is 0 Å².